The molecule has 2 N–H and O–H groups in total. The van der Waals surface area contributed by atoms with Crippen LogP contribution >= 0.6 is 7.82 Å². The molecule has 6 nitrogen and oxygen atoms in total. The van der Waals surface area contributed by atoms with Gasteiger partial charge in [0.1, 0.15) is 0 Å². The highest BCUT2D eigenvalue weighted by Gasteiger charge is 2.29. The summed E-state index contributed by atoms with van der Waals surface area (Å²) in [6, 6.07) is 0. The summed E-state index contributed by atoms with van der Waals surface area (Å²) in [5.41, 5.74) is 4.61. The Kier molecular flexibility index (Phi) is 4.39. The van der Waals surface area contributed by atoms with Crippen LogP contribution in [-0.4, -0.2) is 12.7 Å². The van der Waals surface area contributed by atoms with Crippen LogP contribution in [0.25, 0.3) is 0 Å². The molecule has 0 saturated heterocycles. The highest BCUT2D eigenvalue weighted by Crippen LogP contribution is 2.49. The SMILES string of the molecule is C=COP(=O)(OCC)OC(N)=O. The molecular formula is C5H10NO5P. The first-order chi connectivity index (χ1) is 5.54. The minimum absolute atomic E-state index is 0.0679. The lowest BCUT2D eigenvalue weighted by Gasteiger charge is -2.12. The fourth-order valence-electron chi connectivity index (χ4n) is 0.438. The fourth-order valence-corrected chi connectivity index (χ4v) is 1.31. The summed E-state index contributed by atoms with van der Waals surface area (Å²) in [4.78, 5) is 10.2. The molecule has 0 aliphatic carbocycles. The predicted octanol–water partition coefficient (Wildman–Crippen LogP) is 1.39. The largest absolute Gasteiger partial charge is 0.590 e. The predicted molar refractivity (Wildman–Crippen MR) is 41.2 cm³/mol. The molecule has 0 aliphatic rings. The number of hydrogen-bond donors (Lipinski definition) is 1. The molecule has 0 fully saturated rings. The van der Waals surface area contributed by atoms with Gasteiger partial charge in [0.15, 0.2) is 0 Å². The third kappa shape index (κ3) is 4.00. The Morgan fingerprint density at radius 3 is 2.67 bits per heavy atom. The van der Waals surface area contributed by atoms with Crippen molar-refractivity contribution >= 4 is 13.9 Å². The van der Waals surface area contributed by atoms with Gasteiger partial charge in [0.2, 0.25) is 0 Å². The van der Waals surface area contributed by atoms with Crippen LogP contribution in [0.2, 0.25) is 0 Å². The first kappa shape index (κ1) is 11.0. The van der Waals surface area contributed by atoms with Gasteiger partial charge in [-0.1, -0.05) is 6.58 Å². The Morgan fingerprint density at radius 1 is 1.75 bits per heavy atom. The molecule has 70 valence electrons. The fraction of sp³-hybridized carbons (Fsp3) is 0.400. The quantitative estimate of drug-likeness (QED) is 0.528. The molecular weight excluding hydrogens is 185 g/mol. The van der Waals surface area contributed by atoms with Crippen molar-refractivity contribution < 1.29 is 22.9 Å². The van der Waals surface area contributed by atoms with E-state index < -0.39 is 13.9 Å². The van der Waals surface area contributed by atoms with E-state index in [2.05, 4.69) is 25.9 Å². The summed E-state index contributed by atoms with van der Waals surface area (Å²) in [5, 5.41) is 0. The van der Waals surface area contributed by atoms with Crippen molar-refractivity contribution in [1.29, 1.82) is 0 Å². The first-order valence-corrected chi connectivity index (χ1v) is 4.53. The molecule has 0 bridgehead atoms. The number of rotatable bonds is 5. The van der Waals surface area contributed by atoms with Crippen molar-refractivity contribution in [3.05, 3.63) is 12.8 Å². The molecule has 1 atom stereocenters. The number of primary amides is 1. The molecule has 0 aromatic rings. The molecule has 0 aliphatic heterocycles. The van der Waals surface area contributed by atoms with Gasteiger partial charge in [-0.05, 0) is 6.92 Å². The van der Waals surface area contributed by atoms with Crippen LogP contribution in [0.5, 0.6) is 0 Å². The summed E-state index contributed by atoms with van der Waals surface area (Å²) >= 11 is 0. The maximum Gasteiger partial charge on any atom is 0.590 e. The molecule has 1 amide bonds. The Morgan fingerprint density at radius 2 is 2.33 bits per heavy atom. The average molecular weight is 195 g/mol. The summed E-state index contributed by atoms with van der Waals surface area (Å²) in [6.45, 7) is 4.76. The minimum Gasteiger partial charge on any atom is -0.404 e. The van der Waals surface area contributed by atoms with Gasteiger partial charge in [-0.25, -0.2) is 9.36 Å². The molecule has 0 radical (unpaired) electrons. The van der Waals surface area contributed by atoms with E-state index >= 15 is 0 Å². The maximum atomic E-state index is 11.2. The zero-order valence-electron chi connectivity index (χ0n) is 6.56. The molecule has 0 spiro atoms. The van der Waals surface area contributed by atoms with Crippen molar-refractivity contribution in [1.82, 2.24) is 0 Å². The molecule has 0 rings (SSSR count). The smallest absolute Gasteiger partial charge is 0.404 e. The number of phosphoric acid groups is 1. The van der Waals surface area contributed by atoms with Crippen LogP contribution in [0.15, 0.2) is 12.8 Å². The van der Waals surface area contributed by atoms with Crippen LogP contribution in [0.1, 0.15) is 6.92 Å². The second kappa shape index (κ2) is 4.79. The zero-order valence-corrected chi connectivity index (χ0v) is 7.45. The van der Waals surface area contributed by atoms with Crippen molar-refractivity contribution in [2.24, 2.45) is 5.73 Å². The topological polar surface area (TPSA) is 87.8 Å². The monoisotopic (exact) mass is 195 g/mol. The van der Waals surface area contributed by atoms with Gasteiger partial charge in [-0.3, -0.25) is 4.52 Å². The third-order valence-corrected chi connectivity index (χ3v) is 2.08. The number of hydrogen-bond acceptors (Lipinski definition) is 5. The van der Waals surface area contributed by atoms with Crippen LogP contribution in [-0.2, 0) is 18.1 Å². The highest BCUT2D eigenvalue weighted by atomic mass is 31.2. The zero-order chi connectivity index (χ0) is 9.61. The third-order valence-electron chi connectivity index (χ3n) is 0.693. The normalized spacial score (nSPS) is 14.4. The second-order valence-electron chi connectivity index (χ2n) is 1.55. The van der Waals surface area contributed by atoms with Gasteiger partial charge in [-0.15, -0.1) is 0 Å². The second-order valence-corrected chi connectivity index (χ2v) is 3.09. The molecule has 12 heavy (non-hydrogen) atoms. The van der Waals surface area contributed by atoms with Gasteiger partial charge < -0.3 is 14.8 Å². The van der Waals surface area contributed by atoms with E-state index in [0.29, 0.717) is 0 Å². The van der Waals surface area contributed by atoms with Crippen molar-refractivity contribution in [2.45, 2.75) is 6.92 Å². The number of carbonyl (C=O) groups is 1. The number of amides is 1. The maximum absolute atomic E-state index is 11.2. The number of nitrogens with two attached hydrogens (primary N) is 1. The summed E-state index contributed by atoms with van der Waals surface area (Å²) in [5.74, 6) is 0. The van der Waals surface area contributed by atoms with E-state index in [-0.39, 0.29) is 6.61 Å². The van der Waals surface area contributed by atoms with Crippen molar-refractivity contribution in [3.63, 3.8) is 0 Å². The van der Waals surface area contributed by atoms with E-state index in [1.54, 1.807) is 6.92 Å². The van der Waals surface area contributed by atoms with Gasteiger partial charge >= 0.3 is 13.9 Å². The van der Waals surface area contributed by atoms with Crippen LogP contribution in [0.4, 0.5) is 4.79 Å². The van der Waals surface area contributed by atoms with E-state index in [1.165, 1.54) is 0 Å². The number of phosphoric ester groups is 1. The summed E-state index contributed by atoms with van der Waals surface area (Å²) < 4.78 is 24.2. The van der Waals surface area contributed by atoms with E-state index in [1.807, 2.05) is 0 Å². The standard InChI is InChI=1S/C5H10NO5P/c1-3-9-12(8,10-4-2)11-5(6)7/h3H,1,4H2,2H3,(H2,6,7). The van der Waals surface area contributed by atoms with Crippen molar-refractivity contribution in [3.8, 4) is 0 Å². The minimum atomic E-state index is -3.87. The molecule has 7 heteroatoms. The lowest BCUT2D eigenvalue weighted by Crippen LogP contribution is -2.12. The summed E-state index contributed by atoms with van der Waals surface area (Å²) in [6.07, 6.45) is -0.382. The molecule has 0 heterocycles. The van der Waals surface area contributed by atoms with E-state index in [0.717, 1.165) is 6.26 Å². The van der Waals surface area contributed by atoms with Crippen LogP contribution in [0, 0.1) is 0 Å². The Bertz CT molecular complexity index is 216. The van der Waals surface area contributed by atoms with Crippen LogP contribution in [0.3, 0.4) is 0 Å². The lowest BCUT2D eigenvalue weighted by molar-refractivity contribution is 0.158. The van der Waals surface area contributed by atoms with E-state index in [4.69, 9.17) is 0 Å². The lowest BCUT2D eigenvalue weighted by atomic mass is 10.9. The van der Waals surface area contributed by atoms with Gasteiger partial charge in [-0.2, -0.15) is 0 Å². The first-order valence-electron chi connectivity index (χ1n) is 3.07. The Balaban J connectivity index is 4.27. The Hall–Kier alpha value is -1.00. The van der Waals surface area contributed by atoms with Gasteiger partial charge in [0, 0.05) is 0 Å². The van der Waals surface area contributed by atoms with E-state index in [9.17, 15) is 9.36 Å². The molecule has 0 aromatic carbocycles. The Labute approximate surface area is 69.9 Å². The average Bonchev–Trinajstić information content (AvgIpc) is 1.85. The van der Waals surface area contributed by atoms with Crippen LogP contribution < -0.4 is 5.73 Å². The summed E-state index contributed by atoms with van der Waals surface area (Å²) in [7, 11) is -3.87. The molecule has 0 aromatic heterocycles. The van der Waals surface area contributed by atoms with Crippen molar-refractivity contribution in [2.75, 3.05) is 6.61 Å². The molecule has 0 saturated carbocycles. The highest BCUT2D eigenvalue weighted by molar-refractivity contribution is 7.49. The molecule has 1 unspecified atom stereocenters. The van der Waals surface area contributed by atoms with Gasteiger partial charge in [0.25, 0.3) is 0 Å². The number of carbonyl (C=O) groups excluding carboxylic acids is 1. The van der Waals surface area contributed by atoms with Gasteiger partial charge in [0.05, 0.1) is 12.9 Å².